The van der Waals surface area contributed by atoms with Gasteiger partial charge in [0.2, 0.25) is 0 Å². The van der Waals surface area contributed by atoms with Crippen LogP contribution in [0.3, 0.4) is 0 Å². The van der Waals surface area contributed by atoms with E-state index in [-0.39, 0.29) is 0 Å². The summed E-state index contributed by atoms with van der Waals surface area (Å²) in [6.45, 7) is 8.40. The Hall–Kier alpha value is -2.04. The smallest absolute Gasteiger partial charge is 0.122 e. The lowest BCUT2D eigenvalue weighted by Crippen LogP contribution is -2.40. The first-order chi connectivity index (χ1) is 14.2. The van der Waals surface area contributed by atoms with Crippen molar-refractivity contribution in [2.24, 2.45) is 5.92 Å². The van der Waals surface area contributed by atoms with Crippen LogP contribution in [-0.4, -0.2) is 56.7 Å². The van der Waals surface area contributed by atoms with Crippen LogP contribution >= 0.6 is 0 Å². The van der Waals surface area contributed by atoms with Crippen molar-refractivity contribution < 1.29 is 9.47 Å². The second-order valence-corrected chi connectivity index (χ2v) is 8.14. The summed E-state index contributed by atoms with van der Waals surface area (Å²) in [4.78, 5) is 5.09. The summed E-state index contributed by atoms with van der Waals surface area (Å²) in [6, 6.07) is 16.9. The fraction of sp³-hybridized carbons (Fsp3) is 0.520. The van der Waals surface area contributed by atoms with E-state index in [1.54, 1.807) is 7.11 Å². The topological polar surface area (TPSA) is 24.9 Å². The highest BCUT2D eigenvalue weighted by molar-refractivity contribution is 5.33. The Morgan fingerprint density at radius 1 is 1.10 bits per heavy atom. The molecule has 1 aliphatic rings. The van der Waals surface area contributed by atoms with Gasteiger partial charge in [-0.05, 0) is 75.0 Å². The van der Waals surface area contributed by atoms with E-state index in [0.717, 1.165) is 43.5 Å². The molecule has 0 amide bonds. The molecule has 3 rings (SSSR count). The van der Waals surface area contributed by atoms with Crippen molar-refractivity contribution in [2.75, 3.05) is 46.9 Å². The monoisotopic (exact) mass is 396 g/mol. The first-order valence-corrected chi connectivity index (χ1v) is 10.9. The number of ether oxygens (including phenoxy) is 2. The third-order valence-electron chi connectivity index (χ3n) is 5.75. The van der Waals surface area contributed by atoms with Crippen molar-refractivity contribution in [3.63, 3.8) is 0 Å². The second-order valence-electron chi connectivity index (χ2n) is 8.14. The molecule has 0 aliphatic carbocycles. The van der Waals surface area contributed by atoms with Gasteiger partial charge in [-0.1, -0.05) is 30.3 Å². The average molecular weight is 397 g/mol. The molecule has 0 saturated carbocycles. The van der Waals surface area contributed by atoms with Crippen molar-refractivity contribution in [1.82, 2.24) is 9.80 Å². The lowest BCUT2D eigenvalue weighted by molar-refractivity contribution is 0.142. The van der Waals surface area contributed by atoms with Gasteiger partial charge in [0, 0.05) is 26.2 Å². The van der Waals surface area contributed by atoms with Crippen LogP contribution in [0.2, 0.25) is 0 Å². The summed E-state index contributed by atoms with van der Waals surface area (Å²) in [7, 11) is 4.00. The van der Waals surface area contributed by atoms with Crippen molar-refractivity contribution in [1.29, 1.82) is 0 Å². The molecule has 0 aromatic heterocycles. The lowest BCUT2D eigenvalue weighted by atomic mass is 9.97. The van der Waals surface area contributed by atoms with E-state index >= 15 is 0 Å². The van der Waals surface area contributed by atoms with Gasteiger partial charge in [0.15, 0.2) is 0 Å². The van der Waals surface area contributed by atoms with Crippen LogP contribution < -0.4 is 9.47 Å². The van der Waals surface area contributed by atoms with Gasteiger partial charge in [-0.3, -0.25) is 0 Å². The number of rotatable bonds is 10. The zero-order chi connectivity index (χ0) is 20.5. The molecule has 4 heteroatoms. The molecule has 0 N–H and O–H groups in total. The fourth-order valence-corrected chi connectivity index (χ4v) is 4.37. The van der Waals surface area contributed by atoms with Gasteiger partial charge >= 0.3 is 0 Å². The molecule has 1 aliphatic heterocycles. The maximum atomic E-state index is 5.54. The van der Waals surface area contributed by atoms with E-state index in [1.165, 1.54) is 37.1 Å². The Morgan fingerprint density at radius 2 is 1.90 bits per heavy atom. The minimum Gasteiger partial charge on any atom is -0.496 e. The molecule has 29 heavy (non-hydrogen) atoms. The van der Waals surface area contributed by atoms with Gasteiger partial charge in [0.25, 0.3) is 0 Å². The van der Waals surface area contributed by atoms with E-state index in [9.17, 15) is 0 Å². The SMILES string of the molecule is CCOc1ccc(CN(C)C[C@@H]2CCCN(CCc3ccccc3OC)C2)cc1. The van der Waals surface area contributed by atoms with Crippen molar-refractivity contribution in [3.8, 4) is 11.5 Å². The molecule has 0 spiro atoms. The molecule has 1 fully saturated rings. The van der Waals surface area contributed by atoms with E-state index in [2.05, 4.69) is 59.3 Å². The van der Waals surface area contributed by atoms with E-state index in [0.29, 0.717) is 6.61 Å². The van der Waals surface area contributed by atoms with Crippen LogP contribution in [-0.2, 0) is 13.0 Å². The van der Waals surface area contributed by atoms with Crippen LogP contribution in [0.5, 0.6) is 11.5 Å². The first-order valence-electron chi connectivity index (χ1n) is 10.9. The Kier molecular flexibility index (Phi) is 8.38. The Morgan fingerprint density at radius 3 is 2.66 bits per heavy atom. The summed E-state index contributed by atoms with van der Waals surface area (Å²) < 4.78 is 11.0. The zero-order valence-electron chi connectivity index (χ0n) is 18.3. The van der Waals surface area contributed by atoms with Crippen molar-refractivity contribution in [2.45, 2.75) is 32.7 Å². The number of piperidine rings is 1. The zero-order valence-corrected chi connectivity index (χ0v) is 18.3. The number of nitrogens with zero attached hydrogens (tertiary/aromatic N) is 2. The largest absolute Gasteiger partial charge is 0.496 e. The molecule has 2 aromatic rings. The molecule has 0 unspecified atom stereocenters. The lowest BCUT2D eigenvalue weighted by Gasteiger charge is -2.35. The maximum absolute atomic E-state index is 5.54. The van der Waals surface area contributed by atoms with E-state index in [4.69, 9.17) is 9.47 Å². The predicted molar refractivity (Wildman–Crippen MR) is 120 cm³/mol. The summed E-state index contributed by atoms with van der Waals surface area (Å²) in [5.41, 5.74) is 2.66. The van der Waals surface area contributed by atoms with Gasteiger partial charge in [0.05, 0.1) is 13.7 Å². The number of hydrogen-bond acceptors (Lipinski definition) is 4. The molecule has 1 saturated heterocycles. The normalized spacial score (nSPS) is 17.4. The molecular formula is C25H36N2O2. The summed E-state index contributed by atoms with van der Waals surface area (Å²) in [6.07, 6.45) is 3.69. The van der Waals surface area contributed by atoms with Crippen molar-refractivity contribution in [3.05, 3.63) is 59.7 Å². The molecular weight excluding hydrogens is 360 g/mol. The predicted octanol–water partition coefficient (Wildman–Crippen LogP) is 4.48. The fourth-order valence-electron chi connectivity index (χ4n) is 4.37. The Balaban J connectivity index is 1.45. The van der Waals surface area contributed by atoms with Crippen LogP contribution in [0.1, 0.15) is 30.9 Å². The summed E-state index contributed by atoms with van der Waals surface area (Å²) in [5, 5.41) is 0. The molecule has 0 radical (unpaired) electrons. The number of hydrogen-bond donors (Lipinski definition) is 0. The van der Waals surface area contributed by atoms with Gasteiger partial charge in [-0.2, -0.15) is 0 Å². The summed E-state index contributed by atoms with van der Waals surface area (Å²) >= 11 is 0. The Labute approximate surface area is 176 Å². The molecule has 1 atom stereocenters. The van der Waals surface area contributed by atoms with E-state index in [1.807, 2.05) is 13.0 Å². The molecule has 2 aromatic carbocycles. The Bertz CT molecular complexity index is 732. The highest BCUT2D eigenvalue weighted by Gasteiger charge is 2.21. The third-order valence-corrected chi connectivity index (χ3v) is 5.75. The van der Waals surface area contributed by atoms with Gasteiger partial charge in [-0.15, -0.1) is 0 Å². The van der Waals surface area contributed by atoms with Gasteiger partial charge in [-0.25, -0.2) is 0 Å². The van der Waals surface area contributed by atoms with Gasteiger partial charge < -0.3 is 19.3 Å². The van der Waals surface area contributed by atoms with Crippen LogP contribution in [0.25, 0.3) is 0 Å². The van der Waals surface area contributed by atoms with Crippen LogP contribution in [0.15, 0.2) is 48.5 Å². The van der Waals surface area contributed by atoms with Crippen LogP contribution in [0.4, 0.5) is 0 Å². The number of methoxy groups -OCH3 is 1. The summed E-state index contributed by atoms with van der Waals surface area (Å²) in [5.74, 6) is 2.71. The molecule has 4 nitrogen and oxygen atoms in total. The second kappa shape index (κ2) is 11.2. The molecule has 0 bridgehead atoms. The minimum atomic E-state index is 0.717. The van der Waals surface area contributed by atoms with Crippen LogP contribution in [0, 0.1) is 5.92 Å². The number of likely N-dealkylation sites (tertiary alicyclic amines) is 1. The first kappa shape index (κ1) is 21.7. The molecule has 158 valence electrons. The highest BCUT2D eigenvalue weighted by atomic mass is 16.5. The maximum Gasteiger partial charge on any atom is 0.122 e. The average Bonchev–Trinajstić information content (AvgIpc) is 2.74. The highest BCUT2D eigenvalue weighted by Crippen LogP contribution is 2.22. The standard InChI is InChI=1S/C25H36N2O2/c1-4-29-24-13-11-21(12-14-24)18-26(2)19-22-8-7-16-27(20-22)17-15-23-9-5-6-10-25(23)28-3/h5-6,9-14,22H,4,7-8,15-20H2,1-3H3/t22-/m0/s1. The molecule has 1 heterocycles. The number of para-hydroxylation sites is 1. The minimum absolute atomic E-state index is 0.717. The third kappa shape index (κ3) is 6.76. The van der Waals surface area contributed by atoms with Gasteiger partial charge in [0.1, 0.15) is 11.5 Å². The van der Waals surface area contributed by atoms with E-state index < -0.39 is 0 Å². The van der Waals surface area contributed by atoms with Crippen molar-refractivity contribution >= 4 is 0 Å². The quantitative estimate of drug-likeness (QED) is 0.591. The number of benzene rings is 2.